The van der Waals surface area contributed by atoms with Crippen LogP contribution in [-0.2, 0) is 6.42 Å². The maximum absolute atomic E-state index is 13.1. The molecule has 1 rings (SSSR count). The van der Waals surface area contributed by atoms with Crippen molar-refractivity contribution >= 4 is 11.6 Å². The molecule has 0 aliphatic rings. The van der Waals surface area contributed by atoms with E-state index in [-0.39, 0.29) is 23.4 Å². The lowest BCUT2D eigenvalue weighted by atomic mass is 10.1. The first-order valence-electron chi connectivity index (χ1n) is 4.39. The summed E-state index contributed by atoms with van der Waals surface area (Å²) in [5.41, 5.74) is 0.267. The molecule has 0 saturated carbocycles. The van der Waals surface area contributed by atoms with Crippen LogP contribution in [0.3, 0.4) is 0 Å². The van der Waals surface area contributed by atoms with Gasteiger partial charge < -0.3 is 0 Å². The highest BCUT2D eigenvalue weighted by atomic mass is 35.5. The molecule has 84 valence electrons. The molecule has 0 saturated heterocycles. The fraction of sp³-hybridized carbons (Fsp3) is 0.400. The first kappa shape index (κ1) is 12.3. The van der Waals surface area contributed by atoms with Crippen molar-refractivity contribution < 1.29 is 17.6 Å². The van der Waals surface area contributed by atoms with Crippen LogP contribution in [0.1, 0.15) is 18.4 Å². The van der Waals surface area contributed by atoms with E-state index in [1.807, 2.05) is 0 Å². The number of alkyl halides is 3. The van der Waals surface area contributed by atoms with Crippen LogP contribution in [0.2, 0.25) is 5.02 Å². The molecular formula is C10H9ClF4. The van der Waals surface area contributed by atoms with Crippen LogP contribution < -0.4 is 0 Å². The van der Waals surface area contributed by atoms with Gasteiger partial charge in [-0.05, 0) is 30.5 Å². The normalized spacial score (nSPS) is 11.8. The summed E-state index contributed by atoms with van der Waals surface area (Å²) in [5, 5.41) is 0.243. The Morgan fingerprint density at radius 2 is 1.87 bits per heavy atom. The van der Waals surface area contributed by atoms with Gasteiger partial charge in [-0.15, -0.1) is 0 Å². The summed E-state index contributed by atoms with van der Waals surface area (Å²) in [6.07, 6.45) is -5.11. The lowest BCUT2D eigenvalue weighted by molar-refractivity contribution is -0.135. The Bertz CT molecular complexity index is 333. The second-order valence-electron chi connectivity index (χ2n) is 3.20. The van der Waals surface area contributed by atoms with Crippen molar-refractivity contribution in [1.82, 2.24) is 0 Å². The van der Waals surface area contributed by atoms with E-state index < -0.39 is 18.4 Å². The predicted octanol–water partition coefficient (Wildman–Crippen LogP) is 4.36. The molecule has 0 heterocycles. The molecule has 1 aromatic rings. The zero-order valence-corrected chi connectivity index (χ0v) is 8.50. The van der Waals surface area contributed by atoms with E-state index in [9.17, 15) is 17.6 Å². The Kier molecular flexibility index (Phi) is 3.97. The van der Waals surface area contributed by atoms with E-state index in [0.717, 1.165) is 6.07 Å². The Hall–Kier alpha value is -0.770. The first-order chi connectivity index (χ1) is 6.88. The van der Waals surface area contributed by atoms with Crippen LogP contribution >= 0.6 is 11.6 Å². The number of hydrogen-bond donors (Lipinski definition) is 0. The molecule has 0 aliphatic carbocycles. The lowest BCUT2D eigenvalue weighted by Crippen LogP contribution is -2.07. The van der Waals surface area contributed by atoms with Gasteiger partial charge in [0.05, 0.1) is 0 Å². The summed E-state index contributed by atoms with van der Waals surface area (Å²) in [4.78, 5) is 0. The Morgan fingerprint density at radius 3 is 2.40 bits per heavy atom. The molecule has 0 N–H and O–H groups in total. The Labute approximate surface area is 89.9 Å². The standard InChI is InChI=1S/C10H9ClF4/c11-8-4-3-7(9(12)6-8)2-1-5-10(13,14)15/h3-4,6H,1-2,5H2. The zero-order chi connectivity index (χ0) is 11.5. The predicted molar refractivity (Wildman–Crippen MR) is 50.4 cm³/mol. The highest BCUT2D eigenvalue weighted by Gasteiger charge is 2.26. The maximum Gasteiger partial charge on any atom is 0.389 e. The third kappa shape index (κ3) is 4.51. The van der Waals surface area contributed by atoms with Crippen LogP contribution in [-0.4, -0.2) is 6.18 Å². The van der Waals surface area contributed by atoms with Gasteiger partial charge in [0, 0.05) is 11.4 Å². The fourth-order valence-corrected chi connectivity index (χ4v) is 1.36. The number of aryl methyl sites for hydroxylation is 1. The Morgan fingerprint density at radius 1 is 1.20 bits per heavy atom. The van der Waals surface area contributed by atoms with E-state index in [0.29, 0.717) is 0 Å². The monoisotopic (exact) mass is 240 g/mol. The van der Waals surface area contributed by atoms with Crippen LogP contribution in [0, 0.1) is 5.82 Å². The molecule has 0 amide bonds. The van der Waals surface area contributed by atoms with Crippen molar-refractivity contribution in [3.63, 3.8) is 0 Å². The molecule has 0 radical (unpaired) electrons. The molecule has 0 aromatic heterocycles. The third-order valence-corrected chi connectivity index (χ3v) is 2.16. The van der Waals surface area contributed by atoms with E-state index in [1.54, 1.807) is 0 Å². The van der Waals surface area contributed by atoms with Gasteiger partial charge in [-0.1, -0.05) is 17.7 Å². The van der Waals surface area contributed by atoms with Crippen molar-refractivity contribution in [1.29, 1.82) is 0 Å². The molecule has 15 heavy (non-hydrogen) atoms. The van der Waals surface area contributed by atoms with E-state index in [2.05, 4.69) is 0 Å². The second-order valence-corrected chi connectivity index (χ2v) is 3.64. The van der Waals surface area contributed by atoms with Crippen LogP contribution in [0.25, 0.3) is 0 Å². The van der Waals surface area contributed by atoms with Gasteiger partial charge in [0.25, 0.3) is 0 Å². The van der Waals surface area contributed by atoms with Gasteiger partial charge in [0.1, 0.15) is 5.82 Å². The molecule has 0 atom stereocenters. The first-order valence-corrected chi connectivity index (χ1v) is 4.77. The van der Waals surface area contributed by atoms with Crippen molar-refractivity contribution in [2.45, 2.75) is 25.4 Å². The van der Waals surface area contributed by atoms with Crippen molar-refractivity contribution in [2.75, 3.05) is 0 Å². The molecule has 1 aromatic carbocycles. The highest BCUT2D eigenvalue weighted by molar-refractivity contribution is 6.30. The van der Waals surface area contributed by atoms with Crippen molar-refractivity contribution in [2.24, 2.45) is 0 Å². The van der Waals surface area contributed by atoms with Crippen LogP contribution in [0.15, 0.2) is 18.2 Å². The average molecular weight is 241 g/mol. The number of hydrogen-bond acceptors (Lipinski definition) is 0. The minimum absolute atomic E-state index is 0.0719. The summed E-state index contributed by atoms with van der Waals surface area (Å²) in [7, 11) is 0. The van der Waals surface area contributed by atoms with Crippen LogP contribution in [0.5, 0.6) is 0 Å². The number of rotatable bonds is 3. The SMILES string of the molecule is Fc1cc(Cl)ccc1CCCC(F)(F)F. The van der Waals surface area contributed by atoms with Crippen molar-refractivity contribution in [3.8, 4) is 0 Å². The molecule has 0 nitrogen and oxygen atoms in total. The minimum Gasteiger partial charge on any atom is -0.207 e. The van der Waals surface area contributed by atoms with Gasteiger partial charge in [-0.3, -0.25) is 0 Å². The molecule has 0 spiro atoms. The van der Waals surface area contributed by atoms with E-state index in [1.165, 1.54) is 12.1 Å². The molecule has 0 aliphatic heterocycles. The minimum atomic E-state index is -4.18. The number of benzene rings is 1. The van der Waals surface area contributed by atoms with Gasteiger partial charge in [0.15, 0.2) is 0 Å². The molecule has 5 heteroatoms. The molecule has 0 fully saturated rings. The topological polar surface area (TPSA) is 0 Å². The summed E-state index contributed by atoms with van der Waals surface area (Å²) in [6, 6.07) is 3.98. The summed E-state index contributed by atoms with van der Waals surface area (Å²) in [6.45, 7) is 0. The zero-order valence-electron chi connectivity index (χ0n) is 7.74. The van der Waals surface area contributed by atoms with Gasteiger partial charge in [-0.25, -0.2) is 4.39 Å². The van der Waals surface area contributed by atoms with Crippen molar-refractivity contribution in [3.05, 3.63) is 34.6 Å². The van der Waals surface area contributed by atoms with Gasteiger partial charge in [-0.2, -0.15) is 13.2 Å². The quantitative estimate of drug-likeness (QED) is 0.689. The maximum atomic E-state index is 13.1. The lowest BCUT2D eigenvalue weighted by Gasteiger charge is -2.06. The molecule has 0 bridgehead atoms. The number of halogens is 5. The third-order valence-electron chi connectivity index (χ3n) is 1.92. The summed E-state index contributed by atoms with van der Waals surface area (Å²) < 4.78 is 48.5. The smallest absolute Gasteiger partial charge is 0.207 e. The van der Waals surface area contributed by atoms with E-state index >= 15 is 0 Å². The van der Waals surface area contributed by atoms with Crippen LogP contribution in [0.4, 0.5) is 17.6 Å². The summed E-state index contributed by atoms with van der Waals surface area (Å²) >= 11 is 5.50. The molecule has 0 unspecified atom stereocenters. The van der Waals surface area contributed by atoms with E-state index in [4.69, 9.17) is 11.6 Å². The Balaban J connectivity index is 2.51. The summed E-state index contributed by atoms with van der Waals surface area (Å²) in [5.74, 6) is -0.551. The fourth-order valence-electron chi connectivity index (χ4n) is 1.20. The molecular weight excluding hydrogens is 232 g/mol. The largest absolute Gasteiger partial charge is 0.389 e. The van der Waals surface area contributed by atoms with Gasteiger partial charge >= 0.3 is 6.18 Å². The van der Waals surface area contributed by atoms with Gasteiger partial charge in [0.2, 0.25) is 0 Å². The second kappa shape index (κ2) is 4.84. The average Bonchev–Trinajstić information content (AvgIpc) is 2.07. The highest BCUT2D eigenvalue weighted by Crippen LogP contribution is 2.23.